The highest BCUT2D eigenvalue weighted by Gasteiger charge is 2.06. The summed E-state index contributed by atoms with van der Waals surface area (Å²) in [5.41, 5.74) is 2.11. The molecule has 0 fully saturated rings. The average Bonchev–Trinajstić information content (AvgIpc) is 2.91. The molecule has 0 aliphatic carbocycles. The maximum absolute atomic E-state index is 11.3. The number of thiazole rings is 1. The van der Waals surface area contributed by atoms with Gasteiger partial charge in [0.05, 0.1) is 18.7 Å². The standard InChI is InChI=1S/C15H17BrN2O2S/c1-2-20-14(19)7-6-13-10-21-15(18-13)17-9-11-4-3-5-12(16)8-11/h3-5,8,10H,2,6-7,9H2,1H3,(H,17,18). The van der Waals surface area contributed by atoms with Crippen LogP contribution in [0.4, 0.5) is 5.13 Å². The van der Waals surface area contributed by atoms with Gasteiger partial charge in [0.15, 0.2) is 5.13 Å². The molecule has 0 spiro atoms. The number of esters is 1. The van der Waals surface area contributed by atoms with Crippen molar-refractivity contribution in [2.24, 2.45) is 0 Å². The number of aryl methyl sites for hydroxylation is 1. The molecule has 0 aliphatic rings. The summed E-state index contributed by atoms with van der Waals surface area (Å²) in [6, 6.07) is 8.14. The molecule has 1 aromatic carbocycles. The lowest BCUT2D eigenvalue weighted by Gasteiger charge is -2.03. The minimum atomic E-state index is -0.172. The maximum Gasteiger partial charge on any atom is 0.306 e. The van der Waals surface area contributed by atoms with Crippen molar-refractivity contribution < 1.29 is 9.53 Å². The van der Waals surface area contributed by atoms with E-state index in [1.807, 2.05) is 24.4 Å². The SMILES string of the molecule is CCOC(=O)CCc1csc(NCc2cccc(Br)c2)n1. The molecule has 112 valence electrons. The molecule has 0 unspecified atom stereocenters. The quantitative estimate of drug-likeness (QED) is 0.750. The Labute approximate surface area is 136 Å². The summed E-state index contributed by atoms with van der Waals surface area (Å²) in [7, 11) is 0. The fourth-order valence-corrected chi connectivity index (χ4v) is 2.98. The Balaban J connectivity index is 1.81. The minimum absolute atomic E-state index is 0.172. The molecule has 1 aromatic heterocycles. The van der Waals surface area contributed by atoms with E-state index in [1.54, 1.807) is 11.3 Å². The number of rotatable bonds is 7. The largest absolute Gasteiger partial charge is 0.466 e. The third-order valence-electron chi connectivity index (χ3n) is 2.78. The van der Waals surface area contributed by atoms with Crippen molar-refractivity contribution in [3.8, 4) is 0 Å². The summed E-state index contributed by atoms with van der Waals surface area (Å²) in [5, 5.41) is 6.14. The molecule has 21 heavy (non-hydrogen) atoms. The van der Waals surface area contributed by atoms with E-state index in [0.717, 1.165) is 21.8 Å². The van der Waals surface area contributed by atoms with Gasteiger partial charge in [-0.05, 0) is 24.6 Å². The van der Waals surface area contributed by atoms with E-state index in [-0.39, 0.29) is 5.97 Å². The molecular weight excluding hydrogens is 352 g/mol. The van der Waals surface area contributed by atoms with E-state index in [1.165, 1.54) is 5.56 Å². The Morgan fingerprint density at radius 3 is 3.10 bits per heavy atom. The topological polar surface area (TPSA) is 51.2 Å². The van der Waals surface area contributed by atoms with Gasteiger partial charge in [-0.15, -0.1) is 11.3 Å². The zero-order valence-electron chi connectivity index (χ0n) is 11.8. The molecule has 0 saturated carbocycles. The van der Waals surface area contributed by atoms with E-state index in [0.29, 0.717) is 19.4 Å². The van der Waals surface area contributed by atoms with E-state index in [4.69, 9.17) is 4.74 Å². The summed E-state index contributed by atoms with van der Waals surface area (Å²) in [4.78, 5) is 15.8. The molecule has 2 aromatic rings. The molecular formula is C15H17BrN2O2S. The van der Waals surface area contributed by atoms with Crippen molar-refractivity contribution >= 4 is 38.4 Å². The van der Waals surface area contributed by atoms with Crippen LogP contribution in [-0.4, -0.2) is 17.6 Å². The Kier molecular flexibility index (Phi) is 6.20. The van der Waals surface area contributed by atoms with Crippen LogP contribution in [0, 0.1) is 0 Å². The number of nitrogens with one attached hydrogen (secondary N) is 1. The van der Waals surface area contributed by atoms with E-state index in [2.05, 4.69) is 38.4 Å². The fourth-order valence-electron chi connectivity index (χ4n) is 1.79. The number of carbonyl (C=O) groups is 1. The number of hydrogen-bond acceptors (Lipinski definition) is 5. The van der Waals surface area contributed by atoms with Gasteiger partial charge in [-0.1, -0.05) is 28.1 Å². The number of nitrogens with zero attached hydrogens (tertiary/aromatic N) is 1. The number of carbonyl (C=O) groups excluding carboxylic acids is 1. The Bertz CT molecular complexity index is 601. The smallest absolute Gasteiger partial charge is 0.306 e. The summed E-state index contributed by atoms with van der Waals surface area (Å²) >= 11 is 5.01. The molecule has 1 N–H and O–H groups in total. The van der Waals surface area contributed by atoms with E-state index < -0.39 is 0 Å². The number of anilines is 1. The molecule has 0 saturated heterocycles. The summed E-state index contributed by atoms with van der Waals surface area (Å²) in [5.74, 6) is -0.172. The highest BCUT2D eigenvalue weighted by molar-refractivity contribution is 9.10. The molecule has 0 bridgehead atoms. The van der Waals surface area contributed by atoms with Gasteiger partial charge in [0.25, 0.3) is 0 Å². The second kappa shape index (κ2) is 8.14. The van der Waals surface area contributed by atoms with Crippen LogP contribution in [0.5, 0.6) is 0 Å². The van der Waals surface area contributed by atoms with Crippen LogP contribution in [-0.2, 0) is 22.5 Å². The van der Waals surface area contributed by atoms with Crippen molar-refractivity contribution in [1.29, 1.82) is 0 Å². The van der Waals surface area contributed by atoms with Crippen LogP contribution < -0.4 is 5.32 Å². The molecule has 6 heteroatoms. The molecule has 0 atom stereocenters. The van der Waals surface area contributed by atoms with Gasteiger partial charge < -0.3 is 10.1 Å². The van der Waals surface area contributed by atoms with Gasteiger partial charge in [0, 0.05) is 22.8 Å². The monoisotopic (exact) mass is 368 g/mol. The average molecular weight is 369 g/mol. The molecule has 0 amide bonds. The third-order valence-corrected chi connectivity index (χ3v) is 4.12. The van der Waals surface area contributed by atoms with Crippen LogP contribution in [0.25, 0.3) is 0 Å². The highest BCUT2D eigenvalue weighted by atomic mass is 79.9. The molecule has 0 aliphatic heterocycles. The Morgan fingerprint density at radius 1 is 1.48 bits per heavy atom. The number of ether oxygens (including phenoxy) is 1. The second-order valence-corrected chi connectivity index (χ2v) is 6.21. The van der Waals surface area contributed by atoms with Gasteiger partial charge in [-0.25, -0.2) is 4.98 Å². The number of aromatic nitrogens is 1. The Hall–Kier alpha value is -1.40. The summed E-state index contributed by atoms with van der Waals surface area (Å²) in [6.45, 7) is 2.96. The van der Waals surface area contributed by atoms with Crippen LogP contribution in [0.1, 0.15) is 24.6 Å². The first-order valence-electron chi connectivity index (χ1n) is 6.75. The van der Waals surface area contributed by atoms with Gasteiger partial charge in [-0.3, -0.25) is 4.79 Å². The van der Waals surface area contributed by atoms with Crippen molar-refractivity contribution in [3.63, 3.8) is 0 Å². The van der Waals surface area contributed by atoms with Crippen molar-refractivity contribution in [3.05, 3.63) is 45.4 Å². The lowest BCUT2D eigenvalue weighted by atomic mass is 10.2. The second-order valence-electron chi connectivity index (χ2n) is 4.43. The summed E-state index contributed by atoms with van der Waals surface area (Å²) < 4.78 is 5.97. The van der Waals surface area contributed by atoms with Crippen molar-refractivity contribution in [2.45, 2.75) is 26.3 Å². The Morgan fingerprint density at radius 2 is 2.33 bits per heavy atom. The van der Waals surface area contributed by atoms with E-state index >= 15 is 0 Å². The lowest BCUT2D eigenvalue weighted by Crippen LogP contribution is -2.05. The van der Waals surface area contributed by atoms with Crippen LogP contribution in [0.3, 0.4) is 0 Å². The predicted molar refractivity (Wildman–Crippen MR) is 88.5 cm³/mol. The van der Waals surface area contributed by atoms with Crippen molar-refractivity contribution in [1.82, 2.24) is 4.98 Å². The van der Waals surface area contributed by atoms with Gasteiger partial charge in [0.1, 0.15) is 0 Å². The zero-order chi connectivity index (χ0) is 15.1. The van der Waals surface area contributed by atoms with Crippen LogP contribution >= 0.6 is 27.3 Å². The first kappa shape index (κ1) is 16.0. The number of hydrogen-bond donors (Lipinski definition) is 1. The first-order valence-corrected chi connectivity index (χ1v) is 8.43. The predicted octanol–water partition coefficient (Wildman–Crippen LogP) is 4.01. The number of halogens is 1. The maximum atomic E-state index is 11.3. The van der Waals surface area contributed by atoms with Gasteiger partial charge >= 0.3 is 5.97 Å². The minimum Gasteiger partial charge on any atom is -0.466 e. The highest BCUT2D eigenvalue weighted by Crippen LogP contribution is 2.18. The zero-order valence-corrected chi connectivity index (χ0v) is 14.2. The third kappa shape index (κ3) is 5.47. The van der Waals surface area contributed by atoms with Crippen LogP contribution in [0.15, 0.2) is 34.1 Å². The van der Waals surface area contributed by atoms with Crippen molar-refractivity contribution in [2.75, 3.05) is 11.9 Å². The van der Waals surface area contributed by atoms with Crippen LogP contribution in [0.2, 0.25) is 0 Å². The van der Waals surface area contributed by atoms with Gasteiger partial charge in [-0.2, -0.15) is 0 Å². The number of benzene rings is 1. The molecule has 0 radical (unpaired) electrons. The lowest BCUT2D eigenvalue weighted by molar-refractivity contribution is -0.143. The molecule has 4 nitrogen and oxygen atoms in total. The fraction of sp³-hybridized carbons (Fsp3) is 0.333. The molecule has 2 rings (SSSR count). The summed E-state index contributed by atoms with van der Waals surface area (Å²) in [6.07, 6.45) is 0.997. The van der Waals surface area contributed by atoms with Gasteiger partial charge in [0.2, 0.25) is 0 Å². The van der Waals surface area contributed by atoms with E-state index in [9.17, 15) is 4.79 Å². The first-order chi connectivity index (χ1) is 10.2. The normalized spacial score (nSPS) is 10.4. The molecule has 1 heterocycles.